The molecule has 4 rings (SSSR count). The van der Waals surface area contributed by atoms with Crippen molar-refractivity contribution in [3.05, 3.63) is 22.8 Å². The number of hydrogen-bond donors (Lipinski definition) is 1. The number of Topliss-reactive ketones (excluding diaryl/α,β-unsaturated/α-hetero) is 1. The van der Waals surface area contributed by atoms with Crippen LogP contribution in [0.25, 0.3) is 0 Å². The minimum Gasteiger partial charge on any atom is -0.393 e. The van der Waals surface area contributed by atoms with Gasteiger partial charge in [-0.05, 0) is 106 Å². The van der Waals surface area contributed by atoms with E-state index in [4.69, 9.17) is 0 Å². The molecule has 0 saturated heterocycles. The summed E-state index contributed by atoms with van der Waals surface area (Å²) in [6.45, 7) is 11.7. The van der Waals surface area contributed by atoms with E-state index >= 15 is 0 Å². The second kappa shape index (κ2) is 7.66. The molecular weight excluding hydrogens is 356 g/mol. The maximum atomic E-state index is 13.4. The first-order valence-corrected chi connectivity index (χ1v) is 12.2. The summed E-state index contributed by atoms with van der Waals surface area (Å²) in [5.41, 5.74) is 4.63. The zero-order valence-corrected chi connectivity index (χ0v) is 19.4. The van der Waals surface area contributed by atoms with Crippen molar-refractivity contribution in [3.63, 3.8) is 0 Å². The van der Waals surface area contributed by atoms with Crippen molar-refractivity contribution in [1.29, 1.82) is 0 Å². The van der Waals surface area contributed by atoms with Crippen molar-refractivity contribution in [2.24, 2.45) is 34.5 Å². The molecule has 2 heteroatoms. The number of hydrogen-bond acceptors (Lipinski definition) is 2. The minimum absolute atomic E-state index is 0.102. The molecule has 162 valence electrons. The van der Waals surface area contributed by atoms with Gasteiger partial charge in [-0.1, -0.05) is 38.0 Å². The van der Waals surface area contributed by atoms with Crippen LogP contribution in [-0.4, -0.2) is 17.0 Å². The SMILES string of the molecule is CC(C)=CCCC(C)C1CC(=O)C2=C3CCC4CC(O)CCC4(C)C3CCC21C. The Hall–Kier alpha value is -0.890. The molecule has 0 bridgehead atoms. The van der Waals surface area contributed by atoms with E-state index in [-0.39, 0.29) is 11.5 Å². The van der Waals surface area contributed by atoms with Crippen LogP contribution in [-0.2, 0) is 4.79 Å². The number of aliphatic hydroxyl groups is 1. The quantitative estimate of drug-likeness (QED) is 0.539. The van der Waals surface area contributed by atoms with Gasteiger partial charge in [0.15, 0.2) is 5.78 Å². The molecule has 0 aliphatic heterocycles. The van der Waals surface area contributed by atoms with Crippen molar-refractivity contribution in [3.8, 4) is 0 Å². The first-order chi connectivity index (χ1) is 13.7. The Kier molecular flexibility index (Phi) is 5.64. The molecule has 29 heavy (non-hydrogen) atoms. The van der Waals surface area contributed by atoms with E-state index in [0.717, 1.165) is 38.5 Å². The molecule has 2 nitrogen and oxygen atoms in total. The molecule has 3 fully saturated rings. The molecule has 4 aliphatic carbocycles. The second-order valence-electron chi connectivity index (χ2n) is 11.6. The number of carbonyl (C=O) groups excluding carboxylic acids is 1. The molecule has 7 unspecified atom stereocenters. The monoisotopic (exact) mass is 398 g/mol. The molecular formula is C27H42O2. The standard InChI is InChI=1S/C27H42O2/c1-17(2)7-6-8-18(3)23-16-24(29)25-21-10-9-19-15-20(28)11-13-26(19,4)22(21)12-14-27(23,25)5/h7,18-20,22-23,28H,6,8-16H2,1-5H3. The van der Waals surface area contributed by atoms with Crippen molar-refractivity contribution in [1.82, 2.24) is 0 Å². The normalized spacial score (nSPS) is 42.8. The van der Waals surface area contributed by atoms with E-state index in [0.29, 0.717) is 34.9 Å². The van der Waals surface area contributed by atoms with Crippen LogP contribution in [0, 0.1) is 34.5 Å². The summed E-state index contributed by atoms with van der Waals surface area (Å²) in [6.07, 6.45) is 13.1. The molecule has 0 spiro atoms. The molecule has 0 amide bonds. The zero-order chi connectivity index (χ0) is 21.0. The number of ketones is 1. The third-order valence-corrected chi connectivity index (χ3v) is 9.69. The fourth-order valence-electron chi connectivity index (χ4n) is 8.01. The molecule has 4 aliphatic rings. The highest BCUT2D eigenvalue weighted by molar-refractivity contribution is 6.00. The van der Waals surface area contributed by atoms with Crippen LogP contribution in [0.4, 0.5) is 0 Å². The number of fused-ring (bicyclic) bond motifs is 4. The lowest BCUT2D eigenvalue weighted by atomic mass is 9.48. The van der Waals surface area contributed by atoms with Crippen LogP contribution in [0.5, 0.6) is 0 Å². The van der Waals surface area contributed by atoms with Gasteiger partial charge < -0.3 is 5.11 Å². The van der Waals surface area contributed by atoms with E-state index in [9.17, 15) is 9.90 Å². The van der Waals surface area contributed by atoms with Gasteiger partial charge in [-0.2, -0.15) is 0 Å². The molecule has 7 atom stereocenters. The first-order valence-electron chi connectivity index (χ1n) is 12.2. The van der Waals surface area contributed by atoms with Gasteiger partial charge in [0.25, 0.3) is 0 Å². The summed E-state index contributed by atoms with van der Waals surface area (Å²) in [5, 5.41) is 10.2. The smallest absolute Gasteiger partial charge is 0.159 e. The van der Waals surface area contributed by atoms with Gasteiger partial charge in [-0.15, -0.1) is 0 Å². The van der Waals surface area contributed by atoms with E-state index < -0.39 is 0 Å². The predicted octanol–water partition coefficient (Wildman–Crippen LogP) is 6.63. The van der Waals surface area contributed by atoms with Crippen molar-refractivity contribution >= 4 is 5.78 Å². The molecule has 3 saturated carbocycles. The zero-order valence-electron chi connectivity index (χ0n) is 19.4. The minimum atomic E-state index is -0.102. The van der Waals surface area contributed by atoms with Gasteiger partial charge in [-0.25, -0.2) is 0 Å². The second-order valence-corrected chi connectivity index (χ2v) is 11.6. The largest absolute Gasteiger partial charge is 0.393 e. The Bertz CT molecular complexity index is 727. The van der Waals surface area contributed by atoms with Crippen LogP contribution in [0.1, 0.15) is 98.8 Å². The van der Waals surface area contributed by atoms with E-state index in [1.165, 1.54) is 36.8 Å². The van der Waals surface area contributed by atoms with Crippen LogP contribution < -0.4 is 0 Å². The van der Waals surface area contributed by atoms with Gasteiger partial charge in [0.1, 0.15) is 0 Å². The third kappa shape index (κ3) is 3.48. The Labute approximate surface area is 178 Å². The highest BCUT2D eigenvalue weighted by Gasteiger charge is 2.57. The molecule has 0 aromatic rings. The van der Waals surface area contributed by atoms with E-state index in [2.05, 4.69) is 40.7 Å². The van der Waals surface area contributed by atoms with Crippen LogP contribution in [0.3, 0.4) is 0 Å². The lowest BCUT2D eigenvalue weighted by Crippen LogP contribution is -2.48. The maximum Gasteiger partial charge on any atom is 0.159 e. The third-order valence-electron chi connectivity index (χ3n) is 9.69. The molecule has 0 aromatic heterocycles. The Morgan fingerprint density at radius 3 is 2.69 bits per heavy atom. The average molecular weight is 399 g/mol. The first kappa shape index (κ1) is 21.3. The van der Waals surface area contributed by atoms with Crippen molar-refractivity contribution in [2.45, 2.75) is 105 Å². The Morgan fingerprint density at radius 1 is 1.21 bits per heavy atom. The predicted molar refractivity (Wildman–Crippen MR) is 119 cm³/mol. The summed E-state index contributed by atoms with van der Waals surface area (Å²) >= 11 is 0. The lowest BCUT2D eigenvalue weighted by Gasteiger charge is -2.56. The number of aliphatic hydroxyl groups excluding tert-OH is 1. The summed E-state index contributed by atoms with van der Waals surface area (Å²) in [7, 11) is 0. The highest BCUT2D eigenvalue weighted by atomic mass is 16.3. The Morgan fingerprint density at radius 2 is 1.97 bits per heavy atom. The molecule has 1 N–H and O–H groups in total. The van der Waals surface area contributed by atoms with Crippen LogP contribution in [0.15, 0.2) is 22.8 Å². The van der Waals surface area contributed by atoms with Gasteiger partial charge in [0, 0.05) is 12.0 Å². The molecule has 0 aromatic carbocycles. The van der Waals surface area contributed by atoms with Crippen LogP contribution >= 0.6 is 0 Å². The van der Waals surface area contributed by atoms with Gasteiger partial charge in [0.2, 0.25) is 0 Å². The van der Waals surface area contributed by atoms with Crippen LogP contribution in [0.2, 0.25) is 0 Å². The van der Waals surface area contributed by atoms with E-state index in [1.54, 1.807) is 5.57 Å². The molecule has 0 radical (unpaired) electrons. The number of rotatable bonds is 4. The lowest BCUT2D eigenvalue weighted by molar-refractivity contribution is -0.115. The van der Waals surface area contributed by atoms with Gasteiger partial charge in [0.05, 0.1) is 6.10 Å². The van der Waals surface area contributed by atoms with Crippen molar-refractivity contribution < 1.29 is 9.90 Å². The summed E-state index contributed by atoms with van der Waals surface area (Å²) in [6, 6.07) is 0. The van der Waals surface area contributed by atoms with Gasteiger partial charge in [-0.3, -0.25) is 4.79 Å². The highest BCUT2D eigenvalue weighted by Crippen LogP contribution is 2.65. The maximum absolute atomic E-state index is 13.4. The summed E-state index contributed by atoms with van der Waals surface area (Å²) in [5.74, 6) is 2.82. The van der Waals surface area contributed by atoms with E-state index in [1.807, 2.05) is 0 Å². The summed E-state index contributed by atoms with van der Waals surface area (Å²) < 4.78 is 0. The Balaban J connectivity index is 1.62. The summed E-state index contributed by atoms with van der Waals surface area (Å²) in [4.78, 5) is 13.4. The number of allylic oxidation sites excluding steroid dienone is 4. The fourth-order valence-corrected chi connectivity index (χ4v) is 8.01. The van der Waals surface area contributed by atoms with Crippen molar-refractivity contribution in [2.75, 3.05) is 0 Å². The fraction of sp³-hybridized carbons (Fsp3) is 0.815. The van der Waals surface area contributed by atoms with Gasteiger partial charge >= 0.3 is 0 Å². The average Bonchev–Trinajstić information content (AvgIpc) is 2.93. The number of carbonyl (C=O) groups is 1. The molecule has 0 heterocycles. The topological polar surface area (TPSA) is 37.3 Å².